The first-order valence-electron chi connectivity index (χ1n) is 7.73. The van der Waals surface area contributed by atoms with Crippen LogP contribution in [0.3, 0.4) is 0 Å². The molecule has 0 saturated carbocycles. The van der Waals surface area contributed by atoms with E-state index in [9.17, 15) is 4.79 Å². The Hall–Kier alpha value is -1.59. The fourth-order valence-electron chi connectivity index (χ4n) is 1.80. The third-order valence-electron chi connectivity index (χ3n) is 3.45. The largest absolute Gasteiger partial charge is 0.491 e. The summed E-state index contributed by atoms with van der Waals surface area (Å²) in [4.78, 5) is 12.4. The topological polar surface area (TPSA) is 56.8 Å². The van der Waals surface area contributed by atoms with Gasteiger partial charge in [-0.15, -0.1) is 0 Å². The summed E-state index contributed by atoms with van der Waals surface area (Å²) in [5.74, 6) is 0.618. The molecule has 1 aromatic carbocycles. The van der Waals surface area contributed by atoms with Crippen molar-refractivity contribution in [1.29, 1.82) is 0 Å². The predicted molar refractivity (Wildman–Crippen MR) is 87.4 cm³/mol. The number of carbonyl (C=O) groups excluding carboxylic acids is 1. The second-order valence-corrected chi connectivity index (χ2v) is 5.25. The molecule has 0 aliphatic rings. The maximum atomic E-state index is 12.4. The van der Waals surface area contributed by atoms with E-state index >= 15 is 0 Å². The monoisotopic (exact) mass is 309 g/mol. The number of amides is 1. The molecule has 124 valence electrons. The van der Waals surface area contributed by atoms with Gasteiger partial charge in [-0.25, -0.2) is 0 Å². The first-order valence-corrected chi connectivity index (χ1v) is 7.73. The highest BCUT2D eigenvalue weighted by atomic mass is 16.5. The van der Waals surface area contributed by atoms with Crippen molar-refractivity contribution in [3.05, 3.63) is 24.3 Å². The van der Waals surface area contributed by atoms with E-state index in [1.165, 1.54) is 0 Å². The Bertz CT molecular complexity index is 446. The molecule has 0 aliphatic heterocycles. The minimum atomic E-state index is -0.802. The van der Waals surface area contributed by atoms with Crippen LogP contribution in [0.1, 0.15) is 33.6 Å². The van der Waals surface area contributed by atoms with Crippen molar-refractivity contribution in [3.8, 4) is 5.75 Å². The van der Waals surface area contributed by atoms with Gasteiger partial charge in [0.05, 0.1) is 6.61 Å². The van der Waals surface area contributed by atoms with Gasteiger partial charge < -0.3 is 19.5 Å². The Kier molecular flexibility index (Phi) is 7.91. The number of anilines is 1. The predicted octanol–water partition coefficient (Wildman–Crippen LogP) is 3.25. The van der Waals surface area contributed by atoms with Crippen LogP contribution in [0.15, 0.2) is 24.3 Å². The van der Waals surface area contributed by atoms with E-state index in [1.54, 1.807) is 7.11 Å². The van der Waals surface area contributed by atoms with Gasteiger partial charge >= 0.3 is 0 Å². The molecule has 0 aromatic heterocycles. The van der Waals surface area contributed by atoms with Gasteiger partial charge in [0, 0.05) is 19.4 Å². The van der Waals surface area contributed by atoms with E-state index in [2.05, 4.69) is 5.32 Å². The zero-order chi connectivity index (χ0) is 16.4. The van der Waals surface area contributed by atoms with Crippen molar-refractivity contribution in [2.24, 2.45) is 0 Å². The van der Waals surface area contributed by atoms with Gasteiger partial charge in [-0.3, -0.25) is 4.79 Å². The normalized spacial score (nSPS) is 13.5. The van der Waals surface area contributed by atoms with Gasteiger partial charge in [0.1, 0.15) is 18.0 Å². The Morgan fingerprint density at radius 3 is 2.36 bits per heavy atom. The molecule has 1 aromatic rings. The molecule has 0 saturated heterocycles. The average molecular weight is 309 g/mol. The van der Waals surface area contributed by atoms with Gasteiger partial charge in [0.2, 0.25) is 0 Å². The average Bonchev–Trinajstić information content (AvgIpc) is 2.54. The van der Waals surface area contributed by atoms with Crippen LogP contribution in [-0.2, 0) is 14.3 Å². The van der Waals surface area contributed by atoms with Crippen molar-refractivity contribution < 1.29 is 19.0 Å². The lowest BCUT2D eigenvalue weighted by atomic mass is 10.0. The van der Waals surface area contributed by atoms with Gasteiger partial charge in [0.15, 0.2) is 0 Å². The van der Waals surface area contributed by atoms with Crippen LogP contribution < -0.4 is 10.1 Å². The summed E-state index contributed by atoms with van der Waals surface area (Å²) < 4.78 is 16.1. The van der Waals surface area contributed by atoms with Crippen molar-refractivity contribution in [2.75, 3.05) is 32.2 Å². The Balaban J connectivity index is 2.59. The van der Waals surface area contributed by atoms with E-state index in [-0.39, 0.29) is 5.91 Å². The zero-order valence-corrected chi connectivity index (χ0v) is 14.0. The molecule has 0 heterocycles. The van der Waals surface area contributed by atoms with Gasteiger partial charge in [-0.05, 0) is 44.0 Å². The van der Waals surface area contributed by atoms with Crippen molar-refractivity contribution >= 4 is 11.6 Å². The number of rotatable bonds is 10. The first kappa shape index (κ1) is 18.5. The molecule has 0 bridgehead atoms. The van der Waals surface area contributed by atoms with E-state index in [1.807, 2.05) is 45.0 Å². The summed E-state index contributed by atoms with van der Waals surface area (Å²) >= 11 is 0. The lowest BCUT2D eigenvalue weighted by Gasteiger charge is -2.27. The summed E-state index contributed by atoms with van der Waals surface area (Å²) in [6.45, 7) is 7.41. The lowest BCUT2D eigenvalue weighted by molar-refractivity contribution is -0.139. The van der Waals surface area contributed by atoms with E-state index < -0.39 is 5.60 Å². The number of hydrogen-bond donors (Lipinski definition) is 1. The Morgan fingerprint density at radius 1 is 1.14 bits per heavy atom. The van der Waals surface area contributed by atoms with E-state index in [0.29, 0.717) is 26.2 Å². The lowest BCUT2D eigenvalue weighted by Crippen LogP contribution is -2.42. The van der Waals surface area contributed by atoms with Crippen LogP contribution in [0.25, 0.3) is 0 Å². The Morgan fingerprint density at radius 2 is 1.82 bits per heavy atom. The number of carbonyl (C=O) groups is 1. The number of ether oxygens (including phenoxy) is 3. The summed E-state index contributed by atoms with van der Waals surface area (Å²) in [6.07, 6.45) is 1.51. The highest BCUT2D eigenvalue weighted by Gasteiger charge is 2.32. The molecule has 0 fully saturated rings. The van der Waals surface area contributed by atoms with Crippen LogP contribution >= 0.6 is 0 Å². The van der Waals surface area contributed by atoms with Crippen LogP contribution in [0.5, 0.6) is 5.75 Å². The van der Waals surface area contributed by atoms with E-state index in [4.69, 9.17) is 14.2 Å². The zero-order valence-electron chi connectivity index (χ0n) is 14.0. The molecular formula is C17H27NO4. The Labute approximate surface area is 132 Å². The number of methoxy groups -OCH3 is 1. The molecule has 5 heteroatoms. The molecular weight excluding hydrogens is 282 g/mol. The van der Waals surface area contributed by atoms with Gasteiger partial charge in [-0.2, -0.15) is 0 Å². The van der Waals surface area contributed by atoms with E-state index in [0.717, 1.165) is 17.9 Å². The van der Waals surface area contributed by atoms with Gasteiger partial charge in [-0.1, -0.05) is 13.8 Å². The number of benzene rings is 1. The summed E-state index contributed by atoms with van der Waals surface area (Å²) in [5.41, 5.74) is -0.0761. The van der Waals surface area contributed by atoms with Gasteiger partial charge in [0.25, 0.3) is 5.91 Å². The molecule has 22 heavy (non-hydrogen) atoms. The maximum Gasteiger partial charge on any atom is 0.256 e. The van der Waals surface area contributed by atoms with Crippen LogP contribution in [0, 0.1) is 0 Å². The second-order valence-electron chi connectivity index (χ2n) is 5.25. The fourth-order valence-corrected chi connectivity index (χ4v) is 1.80. The molecule has 1 amide bonds. The van der Waals surface area contributed by atoms with Crippen LogP contribution in [0.4, 0.5) is 5.69 Å². The number of hydrogen-bond acceptors (Lipinski definition) is 4. The minimum Gasteiger partial charge on any atom is -0.491 e. The summed E-state index contributed by atoms with van der Waals surface area (Å²) in [7, 11) is 1.63. The molecule has 0 spiro atoms. The first-order chi connectivity index (χ1) is 10.6. The maximum absolute atomic E-state index is 12.4. The standard InChI is InChI=1S/C17H27NO4/c1-5-11-22-17(3,6-2)16(19)18-14-7-9-15(10-8-14)21-13-12-20-4/h7-10H,5-6,11-13H2,1-4H3,(H,18,19)/t17-/m1/s1. The highest BCUT2D eigenvalue weighted by molar-refractivity contribution is 5.97. The smallest absolute Gasteiger partial charge is 0.256 e. The van der Waals surface area contributed by atoms with Crippen LogP contribution in [0.2, 0.25) is 0 Å². The molecule has 0 aliphatic carbocycles. The fraction of sp³-hybridized carbons (Fsp3) is 0.588. The highest BCUT2D eigenvalue weighted by Crippen LogP contribution is 2.21. The molecule has 0 radical (unpaired) electrons. The third kappa shape index (κ3) is 5.66. The van der Waals surface area contributed by atoms with Crippen molar-refractivity contribution in [3.63, 3.8) is 0 Å². The summed E-state index contributed by atoms with van der Waals surface area (Å²) in [6, 6.07) is 7.27. The van der Waals surface area contributed by atoms with Crippen molar-refractivity contribution in [1.82, 2.24) is 0 Å². The minimum absolute atomic E-state index is 0.128. The molecule has 0 unspecified atom stereocenters. The summed E-state index contributed by atoms with van der Waals surface area (Å²) in [5, 5.41) is 2.89. The SMILES string of the molecule is CCCO[C@](C)(CC)C(=O)Nc1ccc(OCCOC)cc1. The third-order valence-corrected chi connectivity index (χ3v) is 3.45. The quantitative estimate of drug-likeness (QED) is 0.674. The molecule has 1 N–H and O–H groups in total. The number of nitrogens with one attached hydrogen (secondary N) is 1. The van der Waals surface area contributed by atoms with Crippen LogP contribution in [-0.4, -0.2) is 38.4 Å². The molecule has 5 nitrogen and oxygen atoms in total. The molecule has 1 rings (SSSR count). The second kappa shape index (κ2) is 9.43. The molecule has 1 atom stereocenters. The van der Waals surface area contributed by atoms with Crippen molar-refractivity contribution in [2.45, 2.75) is 39.2 Å².